The lowest BCUT2D eigenvalue weighted by molar-refractivity contribution is 0.282. The number of nitrogens with one attached hydrogen (secondary N) is 2. The molecule has 1 aromatic rings. The fourth-order valence-electron chi connectivity index (χ4n) is 2.65. The van der Waals surface area contributed by atoms with Crippen molar-refractivity contribution in [3.05, 3.63) is 35.4 Å². The van der Waals surface area contributed by atoms with Gasteiger partial charge in [-0.25, -0.2) is 4.99 Å². The monoisotopic (exact) mass is 430 g/mol. The Morgan fingerprint density at radius 2 is 1.96 bits per heavy atom. The van der Waals surface area contributed by atoms with E-state index in [2.05, 4.69) is 60.6 Å². The van der Waals surface area contributed by atoms with E-state index >= 15 is 0 Å². The molecule has 0 heterocycles. The molecule has 0 atom stereocenters. The van der Waals surface area contributed by atoms with Gasteiger partial charge in [0.25, 0.3) is 0 Å². The van der Waals surface area contributed by atoms with Crippen LogP contribution in [-0.4, -0.2) is 43.1 Å². The normalized spacial score (nSPS) is 14.5. The van der Waals surface area contributed by atoms with Gasteiger partial charge in [0, 0.05) is 25.7 Å². The van der Waals surface area contributed by atoms with E-state index in [0.717, 1.165) is 44.7 Å². The van der Waals surface area contributed by atoms with Crippen LogP contribution in [0.5, 0.6) is 0 Å². The maximum Gasteiger partial charge on any atom is 0.191 e. The van der Waals surface area contributed by atoms with Gasteiger partial charge in [0.1, 0.15) is 0 Å². The zero-order valence-electron chi connectivity index (χ0n) is 14.6. The summed E-state index contributed by atoms with van der Waals surface area (Å²) in [5.41, 5.74) is 2.58. The highest BCUT2D eigenvalue weighted by Gasteiger charge is 2.27. The van der Waals surface area contributed by atoms with Crippen LogP contribution in [0.3, 0.4) is 0 Å². The number of likely N-dealkylation sites (N-methyl/N-ethyl adjacent to an activating group) is 1. The molecule has 1 aliphatic carbocycles. The molecule has 0 aliphatic heterocycles. The van der Waals surface area contributed by atoms with Gasteiger partial charge in [-0.2, -0.15) is 0 Å². The van der Waals surface area contributed by atoms with Crippen LogP contribution in [0.2, 0.25) is 0 Å². The summed E-state index contributed by atoms with van der Waals surface area (Å²) in [6.07, 6.45) is 2.74. The van der Waals surface area contributed by atoms with Gasteiger partial charge in [-0.3, -0.25) is 4.90 Å². The zero-order chi connectivity index (χ0) is 15.8. The minimum absolute atomic E-state index is 0. The number of aliphatic imine (C=N–C) groups is 1. The molecule has 0 amide bonds. The molecule has 1 saturated carbocycles. The average Bonchev–Trinajstić information content (AvgIpc) is 3.35. The fraction of sp³-hybridized carbons (Fsp3) is 0.611. The predicted octanol–water partition coefficient (Wildman–Crippen LogP) is 3.15. The zero-order valence-corrected chi connectivity index (χ0v) is 17.0. The molecular formula is C18H31IN4. The highest BCUT2D eigenvalue weighted by molar-refractivity contribution is 14.0. The first-order chi connectivity index (χ1) is 10.7. The van der Waals surface area contributed by atoms with Gasteiger partial charge >= 0.3 is 0 Å². The molecule has 1 aliphatic rings. The molecule has 4 nitrogen and oxygen atoms in total. The molecular weight excluding hydrogens is 399 g/mol. The number of hydrogen-bond donors (Lipinski definition) is 2. The fourth-order valence-corrected chi connectivity index (χ4v) is 2.65. The Hall–Kier alpha value is -0.820. The van der Waals surface area contributed by atoms with Gasteiger partial charge in [-0.15, -0.1) is 24.0 Å². The van der Waals surface area contributed by atoms with Crippen LogP contribution in [0.25, 0.3) is 0 Å². The Morgan fingerprint density at radius 1 is 1.22 bits per heavy atom. The molecule has 1 aromatic carbocycles. The molecule has 0 radical (unpaired) electrons. The Bertz CT molecular complexity index is 486. The van der Waals surface area contributed by atoms with Gasteiger partial charge in [0.05, 0.1) is 6.54 Å². The summed E-state index contributed by atoms with van der Waals surface area (Å²) in [5, 5.41) is 6.78. The van der Waals surface area contributed by atoms with E-state index < -0.39 is 0 Å². The number of benzene rings is 1. The Balaban J connectivity index is 0.00000264. The van der Waals surface area contributed by atoms with Crippen LogP contribution in [0.1, 0.15) is 37.8 Å². The summed E-state index contributed by atoms with van der Waals surface area (Å²) in [4.78, 5) is 7.26. The van der Waals surface area contributed by atoms with Crippen LogP contribution in [0.4, 0.5) is 0 Å². The predicted molar refractivity (Wildman–Crippen MR) is 110 cm³/mol. The molecule has 2 rings (SSSR count). The molecule has 130 valence electrons. The minimum Gasteiger partial charge on any atom is -0.357 e. The van der Waals surface area contributed by atoms with E-state index in [9.17, 15) is 0 Å². The standard InChI is InChI=1S/C18H30N4.HI/c1-4-19-18(20-12-13-22(5-2)17-10-11-17)21-14-16-9-7-6-8-15(16)3;/h6-9,17H,4-5,10-14H2,1-3H3,(H2,19,20,21);1H. The summed E-state index contributed by atoms with van der Waals surface area (Å²) >= 11 is 0. The second-order valence-corrected chi connectivity index (χ2v) is 5.91. The Kier molecular flexibility index (Phi) is 9.55. The van der Waals surface area contributed by atoms with Crippen molar-refractivity contribution in [3.63, 3.8) is 0 Å². The first kappa shape index (κ1) is 20.2. The lowest BCUT2D eigenvalue weighted by Crippen LogP contribution is -2.42. The summed E-state index contributed by atoms with van der Waals surface area (Å²) in [5.74, 6) is 0.914. The molecule has 0 spiro atoms. The summed E-state index contributed by atoms with van der Waals surface area (Å²) in [6.45, 7) is 11.3. The average molecular weight is 430 g/mol. The largest absolute Gasteiger partial charge is 0.357 e. The van der Waals surface area contributed by atoms with Crippen LogP contribution in [0, 0.1) is 6.92 Å². The Morgan fingerprint density at radius 3 is 2.57 bits per heavy atom. The van der Waals surface area contributed by atoms with Crippen LogP contribution < -0.4 is 10.6 Å². The second-order valence-electron chi connectivity index (χ2n) is 5.91. The third-order valence-corrected chi connectivity index (χ3v) is 4.17. The molecule has 5 heteroatoms. The number of nitrogens with zero attached hydrogens (tertiary/aromatic N) is 2. The molecule has 1 fully saturated rings. The summed E-state index contributed by atoms with van der Waals surface area (Å²) in [7, 11) is 0. The smallest absolute Gasteiger partial charge is 0.191 e. The first-order valence-electron chi connectivity index (χ1n) is 8.55. The number of rotatable bonds is 8. The van der Waals surface area contributed by atoms with Crippen molar-refractivity contribution in [1.82, 2.24) is 15.5 Å². The summed E-state index contributed by atoms with van der Waals surface area (Å²) in [6, 6.07) is 9.27. The van der Waals surface area contributed by atoms with E-state index in [-0.39, 0.29) is 24.0 Å². The van der Waals surface area contributed by atoms with Gasteiger partial charge in [0.15, 0.2) is 5.96 Å². The molecule has 0 aromatic heterocycles. The van der Waals surface area contributed by atoms with Gasteiger partial charge in [-0.05, 0) is 44.4 Å². The summed E-state index contributed by atoms with van der Waals surface area (Å²) < 4.78 is 0. The van der Waals surface area contributed by atoms with Gasteiger partial charge < -0.3 is 10.6 Å². The molecule has 0 saturated heterocycles. The van der Waals surface area contributed by atoms with Crippen molar-refractivity contribution in [3.8, 4) is 0 Å². The van der Waals surface area contributed by atoms with E-state index in [1.807, 2.05) is 0 Å². The van der Waals surface area contributed by atoms with Crippen molar-refractivity contribution in [2.24, 2.45) is 4.99 Å². The van der Waals surface area contributed by atoms with Crippen molar-refractivity contribution in [1.29, 1.82) is 0 Å². The highest BCUT2D eigenvalue weighted by Crippen LogP contribution is 2.25. The number of aryl methyl sites for hydroxylation is 1. The first-order valence-corrected chi connectivity index (χ1v) is 8.55. The van der Waals surface area contributed by atoms with Gasteiger partial charge in [0.2, 0.25) is 0 Å². The number of hydrogen-bond acceptors (Lipinski definition) is 2. The van der Waals surface area contributed by atoms with E-state index in [4.69, 9.17) is 4.99 Å². The molecule has 0 bridgehead atoms. The number of guanidine groups is 1. The number of halogens is 1. The van der Waals surface area contributed by atoms with E-state index in [1.54, 1.807) is 0 Å². The van der Waals surface area contributed by atoms with Crippen molar-refractivity contribution < 1.29 is 0 Å². The van der Waals surface area contributed by atoms with E-state index in [1.165, 1.54) is 24.0 Å². The Labute approximate surface area is 158 Å². The van der Waals surface area contributed by atoms with Crippen LogP contribution in [-0.2, 0) is 6.54 Å². The third kappa shape index (κ3) is 7.08. The maximum absolute atomic E-state index is 4.70. The maximum atomic E-state index is 4.70. The lowest BCUT2D eigenvalue weighted by atomic mass is 10.1. The molecule has 2 N–H and O–H groups in total. The van der Waals surface area contributed by atoms with Crippen LogP contribution >= 0.6 is 24.0 Å². The van der Waals surface area contributed by atoms with Crippen molar-refractivity contribution >= 4 is 29.9 Å². The van der Waals surface area contributed by atoms with E-state index in [0.29, 0.717) is 0 Å². The molecule has 0 unspecified atom stereocenters. The topological polar surface area (TPSA) is 39.7 Å². The van der Waals surface area contributed by atoms with Crippen molar-refractivity contribution in [2.45, 2.75) is 46.2 Å². The SMILES string of the molecule is CCNC(=NCc1ccccc1C)NCCN(CC)C1CC1.I. The molecule has 23 heavy (non-hydrogen) atoms. The third-order valence-electron chi connectivity index (χ3n) is 4.17. The highest BCUT2D eigenvalue weighted by atomic mass is 127. The second kappa shape index (κ2) is 10.9. The quantitative estimate of drug-likeness (QED) is 0.378. The van der Waals surface area contributed by atoms with Gasteiger partial charge in [-0.1, -0.05) is 31.2 Å². The lowest BCUT2D eigenvalue weighted by Gasteiger charge is -2.20. The van der Waals surface area contributed by atoms with Crippen molar-refractivity contribution in [2.75, 3.05) is 26.2 Å². The minimum atomic E-state index is 0. The van der Waals surface area contributed by atoms with Crippen LogP contribution in [0.15, 0.2) is 29.3 Å².